The van der Waals surface area contributed by atoms with Crippen LogP contribution in [-0.2, 0) is 18.3 Å². The lowest BCUT2D eigenvalue weighted by Crippen LogP contribution is -2.30. The number of carbonyl (C=O) groups excluding carboxylic acids is 1. The number of halogens is 1. The molecule has 1 amide bonds. The average molecular weight is 336 g/mol. The van der Waals surface area contributed by atoms with E-state index in [9.17, 15) is 4.79 Å². The van der Waals surface area contributed by atoms with Crippen molar-refractivity contribution >= 4 is 29.3 Å². The van der Waals surface area contributed by atoms with Crippen molar-refractivity contribution in [3.05, 3.63) is 46.7 Å². The van der Waals surface area contributed by atoms with E-state index in [1.807, 2.05) is 43.2 Å². The Morgan fingerprint density at radius 1 is 1.55 bits per heavy atom. The van der Waals surface area contributed by atoms with Gasteiger partial charge < -0.3 is 5.32 Å². The number of rotatable bonds is 4. The first-order chi connectivity index (χ1) is 10.6. The topological polar surface area (TPSA) is 46.9 Å². The Hall–Kier alpha value is -1.46. The van der Waals surface area contributed by atoms with E-state index in [1.165, 1.54) is 4.90 Å². The fourth-order valence-electron chi connectivity index (χ4n) is 2.64. The Kier molecular flexibility index (Phi) is 4.74. The summed E-state index contributed by atoms with van der Waals surface area (Å²) >= 11 is 7.91. The highest BCUT2D eigenvalue weighted by molar-refractivity contribution is 7.99. The number of fused-ring (bicyclic) bond motifs is 1. The number of benzene rings is 1. The fourth-order valence-corrected chi connectivity index (χ4v) is 3.93. The van der Waals surface area contributed by atoms with Crippen LogP contribution in [0.4, 0.5) is 0 Å². The molecular formula is C16H18ClN3OS. The van der Waals surface area contributed by atoms with Gasteiger partial charge in [-0.2, -0.15) is 5.10 Å². The first-order valence-electron chi connectivity index (χ1n) is 7.31. The molecule has 0 saturated carbocycles. The van der Waals surface area contributed by atoms with Gasteiger partial charge in [0.25, 0.3) is 0 Å². The lowest BCUT2D eigenvalue weighted by Gasteiger charge is -2.26. The van der Waals surface area contributed by atoms with Gasteiger partial charge in [-0.1, -0.05) is 11.6 Å². The Labute approximate surface area is 139 Å². The molecule has 2 heterocycles. The molecule has 0 spiro atoms. The van der Waals surface area contributed by atoms with Crippen LogP contribution < -0.4 is 5.32 Å². The van der Waals surface area contributed by atoms with E-state index >= 15 is 0 Å². The number of hydrogen-bond acceptors (Lipinski definition) is 3. The Morgan fingerprint density at radius 3 is 3.18 bits per heavy atom. The van der Waals surface area contributed by atoms with Gasteiger partial charge in [-0.05, 0) is 42.2 Å². The van der Waals surface area contributed by atoms with E-state index in [1.54, 1.807) is 10.9 Å². The lowest BCUT2D eigenvalue weighted by molar-refractivity contribution is -0.121. The van der Waals surface area contributed by atoms with Crippen molar-refractivity contribution in [2.24, 2.45) is 7.05 Å². The van der Waals surface area contributed by atoms with Gasteiger partial charge in [0.1, 0.15) is 0 Å². The van der Waals surface area contributed by atoms with Crippen LogP contribution in [0.25, 0.3) is 0 Å². The molecule has 22 heavy (non-hydrogen) atoms. The first-order valence-corrected chi connectivity index (χ1v) is 8.67. The highest BCUT2D eigenvalue weighted by atomic mass is 35.5. The molecule has 0 unspecified atom stereocenters. The number of hydrogen-bond donors (Lipinski definition) is 1. The summed E-state index contributed by atoms with van der Waals surface area (Å²) in [6, 6.07) is 5.97. The van der Waals surface area contributed by atoms with Gasteiger partial charge in [0.15, 0.2) is 0 Å². The summed E-state index contributed by atoms with van der Waals surface area (Å²) < 4.78 is 1.75. The maximum absolute atomic E-state index is 12.2. The minimum absolute atomic E-state index is 0.0661. The second kappa shape index (κ2) is 6.75. The third-order valence-corrected chi connectivity index (χ3v) is 5.10. The molecule has 3 rings (SSSR count). The molecule has 1 aromatic heterocycles. The van der Waals surface area contributed by atoms with E-state index in [4.69, 9.17) is 11.6 Å². The summed E-state index contributed by atoms with van der Waals surface area (Å²) in [5.74, 6) is 1.09. The van der Waals surface area contributed by atoms with Gasteiger partial charge in [0.2, 0.25) is 5.91 Å². The number of nitrogens with one attached hydrogen (secondary N) is 1. The Balaban J connectivity index is 1.61. The molecule has 2 aromatic rings. The molecule has 1 aliphatic rings. The molecule has 0 bridgehead atoms. The van der Waals surface area contributed by atoms with Gasteiger partial charge in [-0.3, -0.25) is 9.48 Å². The second-order valence-electron chi connectivity index (χ2n) is 5.46. The zero-order valence-electron chi connectivity index (χ0n) is 12.4. The molecule has 6 heteroatoms. The van der Waals surface area contributed by atoms with E-state index in [0.29, 0.717) is 12.8 Å². The van der Waals surface area contributed by atoms with Crippen LogP contribution in [0.15, 0.2) is 35.5 Å². The quantitative estimate of drug-likeness (QED) is 0.932. The Bertz CT molecular complexity index is 686. The molecule has 1 aromatic carbocycles. The molecule has 1 atom stereocenters. The normalized spacial score (nSPS) is 17.1. The molecular weight excluding hydrogens is 318 g/mol. The monoisotopic (exact) mass is 335 g/mol. The first kappa shape index (κ1) is 15.4. The van der Waals surface area contributed by atoms with Crippen LogP contribution in [0.1, 0.15) is 30.0 Å². The molecule has 1 N–H and O–H groups in total. The standard InChI is InChI=1S/C16H18ClN3OS/c1-20-10-11(9-18-20)2-5-16(21)19-14-6-7-22-15-4-3-12(17)8-13(14)15/h3-4,8-10,14H,2,5-7H2,1H3,(H,19,21)/t14-/m1/s1. The van der Waals surface area contributed by atoms with Crippen LogP contribution in [0.5, 0.6) is 0 Å². The van der Waals surface area contributed by atoms with Crippen LogP contribution in [0.2, 0.25) is 5.02 Å². The molecule has 1 aliphatic heterocycles. The maximum atomic E-state index is 12.2. The van der Waals surface area contributed by atoms with Crippen LogP contribution in [0.3, 0.4) is 0 Å². The zero-order chi connectivity index (χ0) is 15.5. The van der Waals surface area contributed by atoms with E-state index in [0.717, 1.165) is 28.3 Å². The number of nitrogens with zero attached hydrogens (tertiary/aromatic N) is 2. The minimum atomic E-state index is 0.0661. The third-order valence-electron chi connectivity index (χ3n) is 3.75. The molecule has 0 saturated heterocycles. The van der Waals surface area contributed by atoms with Crippen LogP contribution in [0, 0.1) is 0 Å². The molecule has 0 radical (unpaired) electrons. The van der Waals surface area contributed by atoms with Crippen LogP contribution >= 0.6 is 23.4 Å². The van der Waals surface area contributed by atoms with E-state index in [2.05, 4.69) is 10.4 Å². The SMILES string of the molecule is Cn1cc(CCC(=O)N[C@@H]2CCSc3ccc(Cl)cc32)cn1. The second-order valence-corrected chi connectivity index (χ2v) is 7.03. The van der Waals surface area contributed by atoms with Gasteiger partial charge >= 0.3 is 0 Å². The van der Waals surface area contributed by atoms with Gasteiger partial charge in [0.05, 0.1) is 12.2 Å². The summed E-state index contributed by atoms with van der Waals surface area (Å²) in [6.45, 7) is 0. The highest BCUT2D eigenvalue weighted by Gasteiger charge is 2.22. The number of amides is 1. The number of carbonyl (C=O) groups is 1. The zero-order valence-corrected chi connectivity index (χ0v) is 14.0. The predicted molar refractivity (Wildman–Crippen MR) is 89.2 cm³/mol. The fraction of sp³-hybridized carbons (Fsp3) is 0.375. The summed E-state index contributed by atoms with van der Waals surface area (Å²) in [6.07, 6.45) is 5.88. The molecule has 0 fully saturated rings. The van der Waals surface area contributed by atoms with E-state index in [-0.39, 0.29) is 11.9 Å². The average Bonchev–Trinajstić information content (AvgIpc) is 2.91. The minimum Gasteiger partial charge on any atom is -0.349 e. The highest BCUT2D eigenvalue weighted by Crippen LogP contribution is 2.37. The van der Waals surface area contributed by atoms with Crippen molar-refractivity contribution in [1.29, 1.82) is 0 Å². The largest absolute Gasteiger partial charge is 0.349 e. The Morgan fingerprint density at radius 2 is 2.41 bits per heavy atom. The number of aromatic nitrogens is 2. The molecule has 0 aliphatic carbocycles. The van der Waals surface area contributed by atoms with Crippen molar-refractivity contribution in [3.8, 4) is 0 Å². The molecule has 116 valence electrons. The van der Waals surface area contributed by atoms with E-state index < -0.39 is 0 Å². The third kappa shape index (κ3) is 3.65. The summed E-state index contributed by atoms with van der Waals surface area (Å²) in [5.41, 5.74) is 2.22. The van der Waals surface area contributed by atoms with Crippen molar-refractivity contribution in [3.63, 3.8) is 0 Å². The summed E-state index contributed by atoms with van der Waals surface area (Å²) in [7, 11) is 1.88. The predicted octanol–water partition coefficient (Wildman–Crippen LogP) is 3.36. The smallest absolute Gasteiger partial charge is 0.220 e. The summed E-state index contributed by atoms with van der Waals surface area (Å²) in [5, 5.41) is 7.98. The van der Waals surface area contributed by atoms with Crippen molar-refractivity contribution in [2.45, 2.75) is 30.2 Å². The number of thioether (sulfide) groups is 1. The van der Waals surface area contributed by atoms with Crippen molar-refractivity contribution < 1.29 is 4.79 Å². The van der Waals surface area contributed by atoms with Crippen molar-refractivity contribution in [2.75, 3.05) is 5.75 Å². The maximum Gasteiger partial charge on any atom is 0.220 e. The molecule has 4 nitrogen and oxygen atoms in total. The van der Waals surface area contributed by atoms with Gasteiger partial charge in [0, 0.05) is 35.3 Å². The van der Waals surface area contributed by atoms with Crippen molar-refractivity contribution in [1.82, 2.24) is 15.1 Å². The number of aryl methyl sites for hydroxylation is 2. The van der Waals surface area contributed by atoms with Gasteiger partial charge in [-0.15, -0.1) is 11.8 Å². The summed E-state index contributed by atoms with van der Waals surface area (Å²) in [4.78, 5) is 13.4. The lowest BCUT2D eigenvalue weighted by atomic mass is 10.0. The van der Waals surface area contributed by atoms with Gasteiger partial charge in [-0.25, -0.2) is 0 Å². The van der Waals surface area contributed by atoms with Crippen LogP contribution in [-0.4, -0.2) is 21.4 Å².